The van der Waals surface area contributed by atoms with E-state index in [0.717, 1.165) is 42.3 Å². The third-order valence-corrected chi connectivity index (χ3v) is 20.7. The van der Waals surface area contributed by atoms with E-state index in [0.29, 0.717) is 36.3 Å². The van der Waals surface area contributed by atoms with Gasteiger partial charge in [0.2, 0.25) is 8.32 Å². The number of aliphatic hydroxyl groups is 1. The Hall–Kier alpha value is -1.01. The fraction of sp³-hybridized carbons (Fsp3) is 0.771. The molecule has 0 fully saturated rings. The molecule has 0 unspecified atom stereocenters. The van der Waals surface area contributed by atoms with Gasteiger partial charge in [-0.25, -0.2) is 0 Å². The van der Waals surface area contributed by atoms with Crippen LogP contribution in [0.5, 0.6) is 5.75 Å². The highest BCUT2D eigenvalue weighted by Gasteiger charge is 2.48. The molecule has 1 N–H and O–H groups in total. The minimum Gasteiger partial charge on any atom is -0.497 e. The number of hydrogen-bond donors (Lipinski definition) is 1. The monoisotopic (exact) mass is 636 g/mol. The van der Waals surface area contributed by atoms with Crippen molar-refractivity contribution in [2.45, 2.75) is 160 Å². The zero-order valence-electron chi connectivity index (χ0n) is 29.2. The Bertz CT molecular complexity index is 901. The fourth-order valence-electron chi connectivity index (χ4n) is 7.15. The van der Waals surface area contributed by atoms with E-state index in [2.05, 4.69) is 81.4 Å². The van der Waals surface area contributed by atoms with Gasteiger partial charge in [0.15, 0.2) is 8.32 Å². The lowest BCUT2D eigenvalue weighted by Crippen LogP contribution is -2.55. The van der Waals surface area contributed by atoms with Gasteiger partial charge in [0.05, 0.1) is 44.7 Å². The molecule has 8 heteroatoms. The fourth-order valence-corrected chi connectivity index (χ4v) is 15.6. The largest absolute Gasteiger partial charge is 0.497 e. The van der Waals surface area contributed by atoms with E-state index in [9.17, 15) is 5.11 Å². The van der Waals surface area contributed by atoms with E-state index in [1.165, 1.54) is 0 Å². The highest BCUT2D eigenvalue weighted by Crippen LogP contribution is 2.44. The normalized spacial score (nSPS) is 23.7. The van der Waals surface area contributed by atoms with E-state index in [-0.39, 0.29) is 18.3 Å². The topological polar surface area (TPSA) is 66.4 Å². The van der Waals surface area contributed by atoms with Crippen molar-refractivity contribution in [3.63, 3.8) is 0 Å². The first-order chi connectivity index (χ1) is 20.4. The Labute approximate surface area is 266 Å². The summed E-state index contributed by atoms with van der Waals surface area (Å²) >= 11 is 0. The van der Waals surface area contributed by atoms with Crippen molar-refractivity contribution in [2.24, 2.45) is 0 Å². The SMILES string of the molecule is CC[C@H]1O[C@@H]([C@@H](COCc2ccc(OC)cc2)O[Si](CC)(CC)CC)[C@H](O)C/C=C\C[C@@H]1O[Si](C(C)C)(C(C)C)C(C)C. The Morgan fingerprint density at radius 1 is 0.860 bits per heavy atom. The molecule has 1 heterocycles. The molecular formula is C35H64O6Si2. The number of hydrogen-bond acceptors (Lipinski definition) is 6. The van der Waals surface area contributed by atoms with Crippen LogP contribution in [0.2, 0.25) is 34.8 Å². The van der Waals surface area contributed by atoms with Gasteiger partial charge in [0.1, 0.15) is 11.9 Å². The molecule has 0 aromatic heterocycles. The minimum absolute atomic E-state index is 0.0701. The van der Waals surface area contributed by atoms with Gasteiger partial charge in [-0.3, -0.25) is 0 Å². The van der Waals surface area contributed by atoms with Crippen molar-refractivity contribution in [1.29, 1.82) is 0 Å². The molecule has 0 radical (unpaired) electrons. The first-order valence-corrected chi connectivity index (χ1v) is 21.6. The Morgan fingerprint density at radius 3 is 1.91 bits per heavy atom. The van der Waals surface area contributed by atoms with Gasteiger partial charge in [0, 0.05) is 0 Å². The number of methoxy groups -OCH3 is 1. The third kappa shape index (κ3) is 9.99. The standard InChI is InChI=1S/C35H64O6Si2/c1-12-32-33(41-43(26(5)6,27(7)8)28(9)10)19-17-16-18-31(36)35(39-32)34(40-42(13-2,14-3)15-4)25-38-24-29-20-22-30(37-11)23-21-29/h16-17,20-23,26-28,31-36H,12-15,18-19,24-25H2,1-11H3/b17-16-/t31-,32-,33+,34-,35-/m1/s1. The third-order valence-electron chi connectivity index (χ3n) is 9.91. The molecule has 43 heavy (non-hydrogen) atoms. The highest BCUT2D eigenvalue weighted by molar-refractivity contribution is 6.77. The maximum Gasteiger partial charge on any atom is 0.200 e. The number of aliphatic hydroxyl groups excluding tert-OH is 1. The summed E-state index contributed by atoms with van der Waals surface area (Å²) in [6, 6.07) is 11.0. The van der Waals surface area contributed by atoms with Crippen molar-refractivity contribution in [3.05, 3.63) is 42.0 Å². The summed E-state index contributed by atoms with van der Waals surface area (Å²) in [7, 11) is -2.52. The van der Waals surface area contributed by atoms with E-state index in [1.807, 2.05) is 24.3 Å². The maximum atomic E-state index is 11.6. The van der Waals surface area contributed by atoms with Gasteiger partial charge in [-0.1, -0.05) is 93.5 Å². The van der Waals surface area contributed by atoms with Crippen molar-refractivity contribution < 1.29 is 28.2 Å². The zero-order valence-corrected chi connectivity index (χ0v) is 31.2. The van der Waals surface area contributed by atoms with Crippen molar-refractivity contribution in [3.8, 4) is 5.75 Å². The van der Waals surface area contributed by atoms with Gasteiger partial charge < -0.3 is 28.2 Å². The van der Waals surface area contributed by atoms with Gasteiger partial charge in [-0.15, -0.1) is 0 Å². The van der Waals surface area contributed by atoms with Crippen LogP contribution in [-0.4, -0.2) is 66.0 Å². The van der Waals surface area contributed by atoms with Crippen molar-refractivity contribution >= 4 is 16.6 Å². The van der Waals surface area contributed by atoms with E-state index >= 15 is 0 Å². The molecular weight excluding hydrogens is 573 g/mol. The Balaban J connectivity index is 2.42. The summed E-state index contributed by atoms with van der Waals surface area (Å²) in [6.07, 6.45) is 4.61. The van der Waals surface area contributed by atoms with Crippen LogP contribution >= 0.6 is 0 Å². The van der Waals surface area contributed by atoms with Crippen LogP contribution in [-0.2, 0) is 24.9 Å². The van der Waals surface area contributed by atoms with Crippen LogP contribution in [0.15, 0.2) is 36.4 Å². The van der Waals surface area contributed by atoms with E-state index < -0.39 is 28.8 Å². The molecule has 0 saturated heterocycles. The molecule has 0 bridgehead atoms. The molecule has 5 atom stereocenters. The summed E-state index contributed by atoms with van der Waals surface area (Å²) in [5.74, 6) is 0.826. The summed E-state index contributed by atoms with van der Waals surface area (Å²) in [5, 5.41) is 11.6. The second-order valence-corrected chi connectivity index (χ2v) is 23.4. The molecule has 1 aromatic carbocycles. The zero-order chi connectivity index (χ0) is 32.2. The molecule has 0 aliphatic carbocycles. The first kappa shape index (κ1) is 38.2. The second kappa shape index (κ2) is 18.2. The molecule has 1 aliphatic rings. The predicted octanol–water partition coefficient (Wildman–Crippen LogP) is 9.04. The minimum atomic E-state index is -2.15. The van der Waals surface area contributed by atoms with Crippen molar-refractivity contribution in [1.82, 2.24) is 0 Å². The smallest absolute Gasteiger partial charge is 0.200 e. The molecule has 0 saturated carbocycles. The summed E-state index contributed by atoms with van der Waals surface area (Å²) in [4.78, 5) is 0. The summed E-state index contributed by atoms with van der Waals surface area (Å²) in [6.45, 7) is 23.7. The predicted molar refractivity (Wildman–Crippen MR) is 184 cm³/mol. The lowest BCUT2D eigenvalue weighted by Gasteiger charge is -2.46. The van der Waals surface area contributed by atoms with Crippen LogP contribution in [0.1, 0.15) is 94.1 Å². The maximum absolute atomic E-state index is 11.6. The van der Waals surface area contributed by atoms with Crippen LogP contribution < -0.4 is 4.74 Å². The quantitative estimate of drug-likeness (QED) is 0.136. The number of benzene rings is 1. The second-order valence-electron chi connectivity index (χ2n) is 13.3. The molecule has 0 spiro atoms. The molecule has 1 aliphatic heterocycles. The van der Waals surface area contributed by atoms with Gasteiger partial charge in [0.25, 0.3) is 0 Å². The lowest BCUT2D eigenvalue weighted by molar-refractivity contribution is -0.159. The van der Waals surface area contributed by atoms with Crippen LogP contribution in [0, 0.1) is 0 Å². The highest BCUT2D eigenvalue weighted by atomic mass is 28.4. The van der Waals surface area contributed by atoms with E-state index in [1.54, 1.807) is 7.11 Å². The molecule has 248 valence electrons. The van der Waals surface area contributed by atoms with Gasteiger partial charge >= 0.3 is 0 Å². The van der Waals surface area contributed by atoms with Crippen LogP contribution in [0.3, 0.4) is 0 Å². The van der Waals surface area contributed by atoms with Crippen molar-refractivity contribution in [2.75, 3.05) is 13.7 Å². The summed E-state index contributed by atoms with van der Waals surface area (Å²) < 4.78 is 33.1. The van der Waals surface area contributed by atoms with E-state index in [4.69, 9.17) is 23.1 Å². The molecule has 2 rings (SSSR count). The lowest BCUT2D eigenvalue weighted by atomic mass is 10.0. The van der Waals surface area contributed by atoms with Gasteiger partial charge in [-0.2, -0.15) is 0 Å². The number of ether oxygens (including phenoxy) is 3. The molecule has 6 nitrogen and oxygen atoms in total. The number of rotatable bonds is 17. The Morgan fingerprint density at radius 2 is 1.42 bits per heavy atom. The average Bonchev–Trinajstić information content (AvgIpc) is 3.06. The summed E-state index contributed by atoms with van der Waals surface area (Å²) in [5.41, 5.74) is 2.52. The molecule has 0 amide bonds. The first-order valence-electron chi connectivity index (χ1n) is 17.0. The molecule has 1 aromatic rings. The van der Waals surface area contributed by atoms with Crippen LogP contribution in [0.25, 0.3) is 0 Å². The average molecular weight is 637 g/mol. The Kier molecular flexibility index (Phi) is 16.2. The van der Waals surface area contributed by atoms with Crippen LogP contribution in [0.4, 0.5) is 0 Å². The van der Waals surface area contributed by atoms with Gasteiger partial charge in [-0.05, 0) is 71.7 Å².